The van der Waals surface area contributed by atoms with E-state index < -0.39 is 0 Å². The summed E-state index contributed by atoms with van der Waals surface area (Å²) in [6.07, 6.45) is 8.96. The fourth-order valence-electron chi connectivity index (χ4n) is 8.65. The monoisotopic (exact) mass is 733 g/mol. The summed E-state index contributed by atoms with van der Waals surface area (Å²) < 4.78 is 0. The van der Waals surface area contributed by atoms with Crippen molar-refractivity contribution in [2.24, 2.45) is 0 Å². The number of carbonyl (C=O) groups is 1. The van der Waals surface area contributed by atoms with Crippen LogP contribution in [-0.2, 0) is 11.3 Å². The van der Waals surface area contributed by atoms with Gasteiger partial charge in [-0.05, 0) is 92.1 Å². The average molecular weight is 734 g/mol. The van der Waals surface area contributed by atoms with Gasteiger partial charge in [0.2, 0.25) is 5.91 Å². The van der Waals surface area contributed by atoms with Crippen molar-refractivity contribution in [3.63, 3.8) is 0 Å². The highest BCUT2D eigenvalue weighted by Crippen LogP contribution is 2.42. The number of rotatable bonds is 10. The van der Waals surface area contributed by atoms with Crippen molar-refractivity contribution in [3.8, 4) is 22.5 Å². The van der Waals surface area contributed by atoms with Gasteiger partial charge in [0.05, 0.1) is 29.2 Å². The lowest BCUT2D eigenvalue weighted by Gasteiger charge is -2.44. The van der Waals surface area contributed by atoms with Gasteiger partial charge in [0.15, 0.2) is 0 Å². The molecule has 8 rings (SSSR count). The molecule has 1 amide bonds. The quantitative estimate of drug-likeness (QED) is 0.146. The molecule has 2 N–H and O–H groups in total. The Morgan fingerprint density at radius 1 is 0.782 bits per heavy atom. The SMILES string of the molecule is CC(=O)Nc1cccc(-c2ncnc3[nH]c(-c4ccc(CN5CCN(CCN6[C@@H](c7ncccc7C)CCC[C@H]6c6ncccc6C)CC5)cc4)cc23)c1C. The summed E-state index contributed by atoms with van der Waals surface area (Å²) in [5.41, 5.74) is 12.8. The minimum absolute atomic E-state index is 0.0952. The second kappa shape index (κ2) is 16.2. The van der Waals surface area contributed by atoms with Crippen LogP contribution in [0.25, 0.3) is 33.5 Å². The first-order chi connectivity index (χ1) is 26.8. The Balaban J connectivity index is 0.904. The molecular formula is C45H51N9O. The normalized spacial score (nSPS) is 18.5. The van der Waals surface area contributed by atoms with Gasteiger partial charge in [0.1, 0.15) is 12.0 Å². The van der Waals surface area contributed by atoms with Crippen molar-refractivity contribution >= 4 is 22.6 Å². The molecular weight excluding hydrogens is 683 g/mol. The molecule has 6 aromatic rings. The van der Waals surface area contributed by atoms with Crippen LogP contribution in [0.2, 0.25) is 0 Å². The van der Waals surface area contributed by atoms with Gasteiger partial charge < -0.3 is 10.3 Å². The number of pyridine rings is 2. The molecule has 2 aliphatic rings. The molecule has 2 aromatic carbocycles. The third-order valence-corrected chi connectivity index (χ3v) is 11.6. The van der Waals surface area contributed by atoms with Crippen LogP contribution in [0.4, 0.5) is 5.69 Å². The summed E-state index contributed by atoms with van der Waals surface area (Å²) >= 11 is 0. The lowest BCUT2D eigenvalue weighted by atomic mass is 9.89. The highest BCUT2D eigenvalue weighted by molar-refractivity contribution is 5.97. The van der Waals surface area contributed by atoms with Crippen LogP contribution in [0.15, 0.2) is 91.5 Å². The number of anilines is 1. The van der Waals surface area contributed by atoms with Crippen molar-refractivity contribution < 1.29 is 4.79 Å². The lowest BCUT2D eigenvalue weighted by molar-refractivity contribution is -0.114. The van der Waals surface area contributed by atoms with Crippen LogP contribution in [0.1, 0.15) is 71.9 Å². The van der Waals surface area contributed by atoms with E-state index in [1.807, 2.05) is 37.5 Å². The number of H-pyrrole nitrogens is 1. The number of fused-ring (bicyclic) bond motifs is 1. The van der Waals surface area contributed by atoms with E-state index in [-0.39, 0.29) is 5.91 Å². The molecule has 0 spiro atoms. The number of piperidine rings is 1. The summed E-state index contributed by atoms with van der Waals surface area (Å²) in [6, 6.07) is 26.0. The Morgan fingerprint density at radius 2 is 1.45 bits per heavy atom. The molecule has 282 valence electrons. The predicted octanol–water partition coefficient (Wildman–Crippen LogP) is 8.05. The van der Waals surface area contributed by atoms with Gasteiger partial charge in [-0.25, -0.2) is 9.97 Å². The van der Waals surface area contributed by atoms with E-state index in [2.05, 4.69) is 103 Å². The first-order valence-corrected chi connectivity index (χ1v) is 19.7. The molecule has 55 heavy (non-hydrogen) atoms. The Labute approximate surface area is 324 Å². The van der Waals surface area contributed by atoms with Crippen LogP contribution in [0.3, 0.4) is 0 Å². The number of aryl methyl sites for hydroxylation is 2. The molecule has 10 nitrogen and oxygen atoms in total. The fraction of sp³-hybridized carbons (Fsp3) is 0.356. The van der Waals surface area contributed by atoms with Gasteiger partial charge in [-0.1, -0.05) is 48.5 Å². The standard InChI is InChI=1S/C45H51N9O/c1-30-9-7-19-46-42(30)40-13-6-14-41(43-31(2)10-8-20-47-43)54(40)26-25-52-21-23-53(24-22-52)28-34-15-17-35(18-16-34)39-27-37-44(48-29-49-45(37)51-39)36-11-5-12-38(32(36)3)50-33(4)55/h5,7-12,15-20,27,29,40-41H,6,13-14,21-26,28H2,1-4H3,(H,50,55)(H,48,49,51)/t40-,41+. The Bertz CT molecular complexity index is 2220. The number of piperazine rings is 1. The van der Waals surface area contributed by atoms with Crippen LogP contribution < -0.4 is 5.32 Å². The summed E-state index contributed by atoms with van der Waals surface area (Å²) in [7, 11) is 0. The van der Waals surface area contributed by atoms with E-state index in [1.165, 1.54) is 41.4 Å². The van der Waals surface area contributed by atoms with Gasteiger partial charge in [-0.15, -0.1) is 0 Å². The van der Waals surface area contributed by atoms with Crippen LogP contribution in [0, 0.1) is 20.8 Å². The minimum Gasteiger partial charge on any atom is -0.339 e. The number of aromatic amines is 1. The van der Waals surface area contributed by atoms with E-state index in [0.717, 1.165) is 103 Å². The molecule has 0 unspecified atom stereocenters. The van der Waals surface area contributed by atoms with Crippen molar-refractivity contribution in [2.75, 3.05) is 44.6 Å². The van der Waals surface area contributed by atoms with Crippen molar-refractivity contribution in [2.45, 2.75) is 65.6 Å². The molecule has 0 aliphatic carbocycles. The molecule has 2 fully saturated rings. The predicted molar refractivity (Wildman–Crippen MR) is 220 cm³/mol. The number of amides is 1. The lowest BCUT2D eigenvalue weighted by Crippen LogP contribution is -2.49. The zero-order valence-corrected chi connectivity index (χ0v) is 32.4. The fourth-order valence-corrected chi connectivity index (χ4v) is 8.65. The highest BCUT2D eigenvalue weighted by atomic mass is 16.1. The maximum Gasteiger partial charge on any atom is 0.221 e. The van der Waals surface area contributed by atoms with Crippen molar-refractivity contribution in [1.29, 1.82) is 0 Å². The molecule has 10 heteroatoms. The van der Waals surface area contributed by atoms with Crippen molar-refractivity contribution in [3.05, 3.63) is 125 Å². The molecule has 0 bridgehead atoms. The Morgan fingerprint density at radius 3 is 2.11 bits per heavy atom. The van der Waals surface area contributed by atoms with E-state index in [1.54, 1.807) is 6.33 Å². The number of likely N-dealkylation sites (tertiary alicyclic amines) is 1. The number of hydrogen-bond acceptors (Lipinski definition) is 8. The van der Waals surface area contributed by atoms with Gasteiger partial charge in [0, 0.05) is 87.5 Å². The van der Waals surface area contributed by atoms with E-state index >= 15 is 0 Å². The number of hydrogen-bond donors (Lipinski definition) is 2. The second-order valence-corrected chi connectivity index (χ2v) is 15.3. The van der Waals surface area contributed by atoms with Crippen LogP contribution in [0.5, 0.6) is 0 Å². The Kier molecular flexibility index (Phi) is 10.8. The van der Waals surface area contributed by atoms with E-state index in [4.69, 9.17) is 9.97 Å². The summed E-state index contributed by atoms with van der Waals surface area (Å²) in [6.45, 7) is 15.2. The van der Waals surface area contributed by atoms with Gasteiger partial charge in [-0.3, -0.25) is 29.5 Å². The number of nitrogens with zero attached hydrogens (tertiary/aromatic N) is 7. The van der Waals surface area contributed by atoms with E-state index in [9.17, 15) is 4.79 Å². The first kappa shape index (κ1) is 36.7. The molecule has 4 aromatic heterocycles. The summed E-state index contributed by atoms with van der Waals surface area (Å²) in [4.78, 5) is 42.2. The number of nitrogens with one attached hydrogen (secondary N) is 2. The second-order valence-electron chi connectivity index (χ2n) is 15.3. The molecule has 2 aliphatic heterocycles. The van der Waals surface area contributed by atoms with Gasteiger partial charge >= 0.3 is 0 Å². The minimum atomic E-state index is -0.0952. The zero-order valence-electron chi connectivity index (χ0n) is 32.4. The smallest absolute Gasteiger partial charge is 0.221 e. The maximum atomic E-state index is 11.8. The average Bonchev–Trinajstić information content (AvgIpc) is 3.64. The molecule has 6 heterocycles. The number of benzene rings is 2. The molecule has 0 radical (unpaired) electrons. The first-order valence-electron chi connectivity index (χ1n) is 19.7. The number of carbonyl (C=O) groups excluding carboxylic acids is 1. The zero-order chi connectivity index (χ0) is 37.9. The van der Waals surface area contributed by atoms with Crippen molar-refractivity contribution in [1.82, 2.24) is 39.6 Å². The van der Waals surface area contributed by atoms with Crippen LogP contribution in [-0.4, -0.2) is 84.8 Å². The molecule has 2 atom stereocenters. The third-order valence-electron chi connectivity index (χ3n) is 11.6. The largest absolute Gasteiger partial charge is 0.339 e. The highest BCUT2D eigenvalue weighted by Gasteiger charge is 2.35. The third kappa shape index (κ3) is 7.94. The summed E-state index contributed by atoms with van der Waals surface area (Å²) in [5, 5.41) is 3.88. The van der Waals surface area contributed by atoms with Crippen LogP contribution >= 0.6 is 0 Å². The Hall–Kier alpha value is -5.29. The van der Waals surface area contributed by atoms with Gasteiger partial charge in [0.25, 0.3) is 0 Å². The summed E-state index contributed by atoms with van der Waals surface area (Å²) in [5.74, 6) is -0.0952. The maximum absolute atomic E-state index is 11.8. The molecule has 0 saturated carbocycles. The number of aromatic nitrogens is 5. The van der Waals surface area contributed by atoms with E-state index in [0.29, 0.717) is 12.1 Å². The topological polar surface area (TPSA) is 106 Å². The van der Waals surface area contributed by atoms with Gasteiger partial charge in [-0.2, -0.15) is 0 Å². The molecule has 2 saturated heterocycles.